The van der Waals surface area contributed by atoms with E-state index < -0.39 is 6.61 Å². The molecule has 1 aliphatic rings. The smallest absolute Gasteiger partial charge is 0.387 e. The van der Waals surface area contributed by atoms with Gasteiger partial charge in [-0.25, -0.2) is 0 Å². The molecule has 1 N–H and O–H groups in total. The van der Waals surface area contributed by atoms with Crippen LogP contribution >= 0.6 is 0 Å². The average Bonchev–Trinajstić information content (AvgIpc) is 2.78. The van der Waals surface area contributed by atoms with Crippen molar-refractivity contribution in [1.82, 2.24) is 14.7 Å². The fourth-order valence-electron chi connectivity index (χ4n) is 2.59. The second-order valence-electron chi connectivity index (χ2n) is 5.23. The summed E-state index contributed by atoms with van der Waals surface area (Å²) in [6.07, 6.45) is 2.41. The standard InChI is InChI=1S/C14H17F2N3O2/c15-14(16)21-12-2-3-13-10(6-12)7-17-19(13)5-1-4-18-8-11(20)9-18/h2-3,6-7,11,14,20H,1,4-5,8-9H2. The zero-order chi connectivity index (χ0) is 14.8. The molecule has 1 aliphatic heterocycles. The van der Waals surface area contributed by atoms with Crippen molar-refractivity contribution in [3.8, 4) is 5.75 Å². The van der Waals surface area contributed by atoms with E-state index in [4.69, 9.17) is 0 Å². The molecule has 1 aromatic carbocycles. The van der Waals surface area contributed by atoms with Gasteiger partial charge in [0.15, 0.2) is 0 Å². The lowest BCUT2D eigenvalue weighted by atomic mass is 10.1. The summed E-state index contributed by atoms with van der Waals surface area (Å²) in [5, 5.41) is 14.3. The predicted octanol–water partition coefficient (Wildman–Crippen LogP) is 1.70. The van der Waals surface area contributed by atoms with Gasteiger partial charge in [-0.1, -0.05) is 0 Å². The number of alkyl halides is 2. The zero-order valence-corrected chi connectivity index (χ0v) is 11.5. The Balaban J connectivity index is 1.60. The number of ether oxygens (including phenoxy) is 1. The van der Waals surface area contributed by atoms with E-state index in [0.717, 1.165) is 43.5 Å². The number of rotatable bonds is 6. The molecule has 0 aliphatic carbocycles. The van der Waals surface area contributed by atoms with Crippen LogP contribution in [0.3, 0.4) is 0 Å². The normalized spacial score (nSPS) is 16.6. The van der Waals surface area contributed by atoms with Gasteiger partial charge in [-0.2, -0.15) is 13.9 Å². The number of hydrogen-bond donors (Lipinski definition) is 1. The van der Waals surface area contributed by atoms with Gasteiger partial charge in [0.2, 0.25) is 0 Å². The SMILES string of the molecule is OC1CN(CCCn2ncc3cc(OC(F)F)ccc32)C1. The van der Waals surface area contributed by atoms with Crippen molar-refractivity contribution >= 4 is 10.9 Å². The van der Waals surface area contributed by atoms with Gasteiger partial charge in [0.1, 0.15) is 5.75 Å². The van der Waals surface area contributed by atoms with E-state index in [1.165, 1.54) is 6.07 Å². The zero-order valence-electron chi connectivity index (χ0n) is 11.5. The van der Waals surface area contributed by atoms with Crippen molar-refractivity contribution in [3.05, 3.63) is 24.4 Å². The number of likely N-dealkylation sites (tertiary alicyclic amines) is 1. The monoisotopic (exact) mass is 297 g/mol. The topological polar surface area (TPSA) is 50.5 Å². The van der Waals surface area contributed by atoms with Crippen LogP contribution in [0.1, 0.15) is 6.42 Å². The fourth-order valence-corrected chi connectivity index (χ4v) is 2.59. The van der Waals surface area contributed by atoms with E-state index in [2.05, 4.69) is 14.7 Å². The third-order valence-corrected chi connectivity index (χ3v) is 3.62. The predicted molar refractivity (Wildman–Crippen MR) is 73.4 cm³/mol. The minimum Gasteiger partial charge on any atom is -0.435 e. The number of β-amino-alcohol motifs (C(OH)–C–C–N with tert-alkyl or cyclic N) is 1. The molecule has 7 heteroatoms. The van der Waals surface area contributed by atoms with Gasteiger partial charge < -0.3 is 9.84 Å². The Morgan fingerprint density at radius 2 is 2.14 bits per heavy atom. The van der Waals surface area contributed by atoms with Gasteiger partial charge in [0.25, 0.3) is 0 Å². The summed E-state index contributed by atoms with van der Waals surface area (Å²) in [4.78, 5) is 2.19. The molecule has 3 rings (SSSR count). The van der Waals surface area contributed by atoms with Crippen LogP contribution in [0.5, 0.6) is 5.75 Å². The van der Waals surface area contributed by atoms with Crippen molar-refractivity contribution in [1.29, 1.82) is 0 Å². The lowest BCUT2D eigenvalue weighted by molar-refractivity contribution is -0.0497. The van der Waals surface area contributed by atoms with Gasteiger partial charge in [0, 0.05) is 31.6 Å². The maximum absolute atomic E-state index is 12.2. The number of hydrogen-bond acceptors (Lipinski definition) is 4. The lowest BCUT2D eigenvalue weighted by Crippen LogP contribution is -2.50. The molecule has 1 aromatic heterocycles. The lowest BCUT2D eigenvalue weighted by Gasteiger charge is -2.35. The number of aryl methyl sites for hydroxylation is 1. The summed E-state index contributed by atoms with van der Waals surface area (Å²) in [5.41, 5.74) is 0.903. The van der Waals surface area contributed by atoms with Crippen molar-refractivity contribution in [2.75, 3.05) is 19.6 Å². The van der Waals surface area contributed by atoms with Crippen LogP contribution < -0.4 is 4.74 Å². The summed E-state index contributed by atoms with van der Waals surface area (Å²) in [6.45, 7) is 0.350. The highest BCUT2D eigenvalue weighted by Crippen LogP contribution is 2.22. The Labute approximate surface area is 120 Å². The second-order valence-corrected chi connectivity index (χ2v) is 5.23. The first kappa shape index (κ1) is 14.2. The summed E-state index contributed by atoms with van der Waals surface area (Å²) >= 11 is 0. The van der Waals surface area contributed by atoms with Crippen LogP contribution in [0.15, 0.2) is 24.4 Å². The molecule has 2 aromatic rings. The molecule has 0 spiro atoms. The van der Waals surface area contributed by atoms with Gasteiger partial charge in [-0.05, 0) is 24.6 Å². The van der Waals surface area contributed by atoms with E-state index in [0.29, 0.717) is 0 Å². The quantitative estimate of drug-likeness (QED) is 0.882. The number of benzene rings is 1. The van der Waals surface area contributed by atoms with E-state index in [-0.39, 0.29) is 11.9 Å². The van der Waals surface area contributed by atoms with Crippen LogP contribution in [-0.2, 0) is 6.54 Å². The molecule has 0 bridgehead atoms. The minimum absolute atomic E-state index is 0.145. The van der Waals surface area contributed by atoms with Gasteiger partial charge in [0.05, 0.1) is 17.8 Å². The highest BCUT2D eigenvalue weighted by Gasteiger charge is 2.23. The first-order valence-corrected chi connectivity index (χ1v) is 6.92. The number of halogens is 2. The van der Waals surface area contributed by atoms with Crippen LogP contribution in [0, 0.1) is 0 Å². The van der Waals surface area contributed by atoms with E-state index in [9.17, 15) is 13.9 Å². The Morgan fingerprint density at radius 3 is 2.86 bits per heavy atom. The number of aliphatic hydroxyl groups excluding tert-OH is 1. The maximum atomic E-state index is 12.2. The van der Waals surface area contributed by atoms with Crippen molar-refractivity contribution < 1.29 is 18.6 Å². The third-order valence-electron chi connectivity index (χ3n) is 3.62. The fraction of sp³-hybridized carbons (Fsp3) is 0.500. The Hall–Kier alpha value is -1.73. The number of fused-ring (bicyclic) bond motifs is 1. The molecule has 0 unspecified atom stereocenters. The second kappa shape index (κ2) is 5.95. The number of aromatic nitrogens is 2. The molecule has 5 nitrogen and oxygen atoms in total. The molecule has 2 heterocycles. The molecule has 0 saturated carbocycles. The van der Waals surface area contributed by atoms with Gasteiger partial charge in [-0.15, -0.1) is 0 Å². The van der Waals surface area contributed by atoms with E-state index >= 15 is 0 Å². The third kappa shape index (κ3) is 3.30. The van der Waals surface area contributed by atoms with Gasteiger partial charge in [-0.3, -0.25) is 9.58 Å². The first-order valence-electron chi connectivity index (χ1n) is 6.92. The molecule has 114 valence electrons. The van der Waals surface area contributed by atoms with Crippen molar-refractivity contribution in [3.63, 3.8) is 0 Å². The molecule has 21 heavy (non-hydrogen) atoms. The molecule has 0 atom stereocenters. The number of nitrogens with zero attached hydrogens (tertiary/aromatic N) is 3. The van der Waals surface area contributed by atoms with Gasteiger partial charge >= 0.3 is 6.61 Å². The van der Waals surface area contributed by atoms with Crippen molar-refractivity contribution in [2.45, 2.75) is 25.7 Å². The largest absolute Gasteiger partial charge is 0.435 e. The first-order chi connectivity index (χ1) is 10.1. The van der Waals surface area contributed by atoms with Crippen LogP contribution in [-0.4, -0.2) is 52.1 Å². The molecule has 1 fully saturated rings. The van der Waals surface area contributed by atoms with E-state index in [1.807, 2.05) is 4.68 Å². The van der Waals surface area contributed by atoms with Crippen LogP contribution in [0.2, 0.25) is 0 Å². The Morgan fingerprint density at radius 1 is 1.33 bits per heavy atom. The molecule has 0 amide bonds. The molecule has 1 saturated heterocycles. The van der Waals surface area contributed by atoms with Crippen LogP contribution in [0.25, 0.3) is 10.9 Å². The summed E-state index contributed by atoms with van der Waals surface area (Å²) in [7, 11) is 0. The molecule has 0 radical (unpaired) electrons. The summed E-state index contributed by atoms with van der Waals surface area (Å²) in [6, 6.07) is 4.84. The number of aliphatic hydroxyl groups is 1. The minimum atomic E-state index is -2.82. The van der Waals surface area contributed by atoms with E-state index in [1.54, 1.807) is 18.3 Å². The average molecular weight is 297 g/mol. The highest BCUT2D eigenvalue weighted by atomic mass is 19.3. The van der Waals surface area contributed by atoms with Crippen molar-refractivity contribution in [2.24, 2.45) is 0 Å². The maximum Gasteiger partial charge on any atom is 0.387 e. The Kier molecular flexibility index (Phi) is 4.03. The summed E-state index contributed by atoms with van der Waals surface area (Å²) in [5.74, 6) is 0.145. The summed E-state index contributed by atoms with van der Waals surface area (Å²) < 4.78 is 30.6. The Bertz CT molecular complexity index is 611. The van der Waals surface area contributed by atoms with Crippen LogP contribution in [0.4, 0.5) is 8.78 Å². The molecular weight excluding hydrogens is 280 g/mol. The highest BCUT2D eigenvalue weighted by molar-refractivity contribution is 5.80. The molecular formula is C14H17F2N3O2.